The molecule has 0 spiro atoms. The highest BCUT2D eigenvalue weighted by molar-refractivity contribution is 7.85. The summed E-state index contributed by atoms with van der Waals surface area (Å²) in [4.78, 5) is 28.4. The Morgan fingerprint density at radius 3 is 2.50 bits per heavy atom. The van der Waals surface area contributed by atoms with E-state index in [1.54, 1.807) is 59.5 Å². The molecule has 0 saturated carbocycles. The number of carbonyl (C=O) groups excluding carboxylic acids is 2. The van der Waals surface area contributed by atoms with E-state index in [1.807, 2.05) is 19.1 Å². The lowest BCUT2D eigenvalue weighted by atomic mass is 10.1. The molecule has 0 fully saturated rings. The summed E-state index contributed by atoms with van der Waals surface area (Å²) in [5.74, 6) is -0.497. The minimum Gasteiger partial charge on any atom is -0.348 e. The van der Waals surface area contributed by atoms with E-state index in [4.69, 9.17) is 11.6 Å². The number of carbonyl (C=O) groups is 2. The van der Waals surface area contributed by atoms with Gasteiger partial charge in [-0.3, -0.25) is 9.59 Å². The molecule has 3 aromatic carbocycles. The van der Waals surface area contributed by atoms with Crippen LogP contribution in [0.2, 0.25) is 5.02 Å². The Morgan fingerprint density at radius 1 is 1.03 bits per heavy atom. The molecule has 7 heteroatoms. The molecular formula is C23H19ClN2O3S. The van der Waals surface area contributed by atoms with Crippen molar-refractivity contribution in [1.82, 2.24) is 5.32 Å². The minimum atomic E-state index is -1.51. The van der Waals surface area contributed by atoms with Gasteiger partial charge in [-0.1, -0.05) is 35.9 Å². The first-order chi connectivity index (χ1) is 14.5. The maximum atomic E-state index is 13.2. The monoisotopic (exact) mass is 438 g/mol. The molecule has 1 aliphatic heterocycles. The van der Waals surface area contributed by atoms with Gasteiger partial charge in [0.15, 0.2) is 0 Å². The Balaban J connectivity index is 1.66. The first kappa shape index (κ1) is 20.3. The predicted octanol–water partition coefficient (Wildman–Crippen LogP) is 4.42. The van der Waals surface area contributed by atoms with Crippen LogP contribution in [0.1, 0.15) is 33.2 Å². The molecular weight excluding hydrogens is 420 g/mol. The quantitative estimate of drug-likeness (QED) is 0.655. The van der Waals surface area contributed by atoms with E-state index in [1.165, 1.54) is 0 Å². The normalized spacial score (nSPS) is 15.2. The molecule has 0 bridgehead atoms. The Morgan fingerprint density at radius 2 is 1.77 bits per heavy atom. The van der Waals surface area contributed by atoms with Gasteiger partial charge in [0, 0.05) is 23.7 Å². The van der Waals surface area contributed by atoms with Crippen LogP contribution in [-0.2, 0) is 17.3 Å². The largest absolute Gasteiger partial charge is 0.348 e. The van der Waals surface area contributed by atoms with E-state index in [2.05, 4.69) is 5.32 Å². The maximum absolute atomic E-state index is 13.2. The molecule has 3 aromatic rings. The van der Waals surface area contributed by atoms with Crippen LogP contribution in [0.15, 0.2) is 76.5 Å². The van der Waals surface area contributed by atoms with Crippen molar-refractivity contribution in [3.05, 3.63) is 88.4 Å². The summed E-state index contributed by atoms with van der Waals surface area (Å²) in [6.45, 7) is 2.60. The Bertz CT molecular complexity index is 1160. The average Bonchev–Trinajstić information content (AvgIpc) is 2.86. The van der Waals surface area contributed by atoms with E-state index in [9.17, 15) is 13.8 Å². The van der Waals surface area contributed by atoms with Crippen molar-refractivity contribution in [3.63, 3.8) is 0 Å². The van der Waals surface area contributed by atoms with E-state index < -0.39 is 10.8 Å². The van der Waals surface area contributed by atoms with Crippen molar-refractivity contribution in [2.75, 3.05) is 11.4 Å². The fourth-order valence-electron chi connectivity index (χ4n) is 3.41. The predicted molar refractivity (Wildman–Crippen MR) is 118 cm³/mol. The third kappa shape index (κ3) is 3.76. The second-order valence-electron chi connectivity index (χ2n) is 6.81. The van der Waals surface area contributed by atoms with Crippen molar-refractivity contribution in [1.29, 1.82) is 0 Å². The molecule has 1 aliphatic rings. The zero-order valence-electron chi connectivity index (χ0n) is 16.2. The van der Waals surface area contributed by atoms with Gasteiger partial charge < -0.3 is 10.2 Å². The summed E-state index contributed by atoms with van der Waals surface area (Å²) >= 11 is 5.89. The van der Waals surface area contributed by atoms with E-state index in [0.29, 0.717) is 44.7 Å². The first-order valence-corrected chi connectivity index (χ1v) is 11.0. The lowest BCUT2D eigenvalue weighted by Crippen LogP contribution is -2.31. The van der Waals surface area contributed by atoms with Gasteiger partial charge >= 0.3 is 0 Å². The second kappa shape index (κ2) is 8.42. The van der Waals surface area contributed by atoms with Crippen LogP contribution in [-0.4, -0.2) is 22.6 Å². The van der Waals surface area contributed by atoms with Gasteiger partial charge in [-0.25, -0.2) is 4.21 Å². The van der Waals surface area contributed by atoms with Gasteiger partial charge in [-0.2, -0.15) is 0 Å². The van der Waals surface area contributed by atoms with Crippen LogP contribution >= 0.6 is 11.6 Å². The number of fused-ring (bicyclic) bond motifs is 2. The van der Waals surface area contributed by atoms with Gasteiger partial charge in [0.1, 0.15) is 0 Å². The van der Waals surface area contributed by atoms with E-state index >= 15 is 0 Å². The van der Waals surface area contributed by atoms with Crippen molar-refractivity contribution < 1.29 is 13.8 Å². The van der Waals surface area contributed by atoms with Crippen molar-refractivity contribution >= 4 is 39.9 Å². The SMILES string of the molecule is CCN1C(=O)c2ccccc2[S@](=O)c2ccc(C(=O)NCc3ccc(Cl)cc3)cc21. The highest BCUT2D eigenvalue weighted by atomic mass is 35.5. The van der Waals surface area contributed by atoms with E-state index in [0.717, 1.165) is 5.56 Å². The second-order valence-corrected chi connectivity index (χ2v) is 8.66. The maximum Gasteiger partial charge on any atom is 0.259 e. The van der Waals surface area contributed by atoms with Crippen LogP contribution < -0.4 is 10.2 Å². The Kier molecular flexibility index (Phi) is 5.70. The molecule has 152 valence electrons. The number of benzene rings is 3. The molecule has 1 atom stereocenters. The fraction of sp³-hybridized carbons (Fsp3) is 0.130. The summed E-state index contributed by atoms with van der Waals surface area (Å²) in [5, 5.41) is 3.50. The summed E-state index contributed by atoms with van der Waals surface area (Å²) < 4.78 is 13.2. The van der Waals surface area contributed by atoms with Gasteiger partial charge in [-0.05, 0) is 55.0 Å². The van der Waals surface area contributed by atoms with Gasteiger partial charge in [0.25, 0.3) is 11.8 Å². The number of hydrogen-bond donors (Lipinski definition) is 1. The van der Waals surface area contributed by atoms with Crippen LogP contribution in [0.25, 0.3) is 0 Å². The minimum absolute atomic E-state index is 0.223. The lowest BCUT2D eigenvalue weighted by molar-refractivity contribution is 0.0947. The molecule has 0 unspecified atom stereocenters. The number of rotatable bonds is 4. The summed E-state index contributed by atoms with van der Waals surface area (Å²) in [7, 11) is -1.51. The molecule has 30 heavy (non-hydrogen) atoms. The van der Waals surface area contributed by atoms with Gasteiger partial charge in [0.05, 0.1) is 31.8 Å². The zero-order valence-corrected chi connectivity index (χ0v) is 17.8. The summed E-state index contributed by atoms with van der Waals surface area (Å²) in [6.07, 6.45) is 0. The van der Waals surface area contributed by atoms with Crippen LogP contribution in [0.4, 0.5) is 5.69 Å². The zero-order chi connectivity index (χ0) is 21.3. The smallest absolute Gasteiger partial charge is 0.259 e. The number of nitrogens with one attached hydrogen (secondary N) is 1. The summed E-state index contributed by atoms with van der Waals surface area (Å²) in [6, 6.07) is 19.1. The molecule has 2 amide bonds. The van der Waals surface area contributed by atoms with Crippen molar-refractivity contribution in [3.8, 4) is 0 Å². The number of anilines is 1. The van der Waals surface area contributed by atoms with Crippen molar-refractivity contribution in [2.24, 2.45) is 0 Å². The third-order valence-corrected chi connectivity index (χ3v) is 6.71. The van der Waals surface area contributed by atoms with Crippen LogP contribution in [0, 0.1) is 0 Å². The molecule has 0 radical (unpaired) electrons. The standard InChI is InChI=1S/C23H19ClN2O3S/c1-2-26-19-13-16(22(27)25-14-15-7-10-17(24)11-8-15)9-12-21(19)30(29)20-6-4-3-5-18(20)23(26)28/h3-13H,2,14H2,1H3,(H,25,27)/t30-/m0/s1. The Labute approximate surface area is 182 Å². The van der Waals surface area contributed by atoms with Crippen LogP contribution in [0.3, 0.4) is 0 Å². The number of halogens is 1. The summed E-state index contributed by atoms with van der Waals surface area (Å²) in [5.41, 5.74) is 2.24. The average molecular weight is 439 g/mol. The highest BCUT2D eigenvalue weighted by Gasteiger charge is 2.30. The Hall–Kier alpha value is -2.96. The van der Waals surface area contributed by atoms with Crippen molar-refractivity contribution in [2.45, 2.75) is 23.3 Å². The van der Waals surface area contributed by atoms with Gasteiger partial charge in [0.2, 0.25) is 0 Å². The topological polar surface area (TPSA) is 66.5 Å². The van der Waals surface area contributed by atoms with Gasteiger partial charge in [-0.15, -0.1) is 0 Å². The third-order valence-electron chi connectivity index (χ3n) is 4.96. The van der Waals surface area contributed by atoms with E-state index in [-0.39, 0.29) is 11.8 Å². The molecule has 0 aliphatic carbocycles. The number of hydrogen-bond acceptors (Lipinski definition) is 3. The fourth-order valence-corrected chi connectivity index (χ4v) is 4.88. The number of amides is 2. The molecule has 4 rings (SSSR count). The lowest BCUT2D eigenvalue weighted by Gasteiger charge is -2.21. The number of nitrogens with zero attached hydrogens (tertiary/aromatic N) is 1. The first-order valence-electron chi connectivity index (χ1n) is 9.49. The molecule has 0 aromatic heterocycles. The highest BCUT2D eigenvalue weighted by Crippen LogP contribution is 2.35. The molecule has 1 N–H and O–H groups in total. The molecule has 1 heterocycles. The molecule has 0 saturated heterocycles. The molecule has 5 nitrogen and oxygen atoms in total. The van der Waals surface area contributed by atoms with Crippen LogP contribution in [0.5, 0.6) is 0 Å².